The zero-order valence-electron chi connectivity index (χ0n) is 15.3. The number of benzene rings is 1. The van der Waals surface area contributed by atoms with Crippen molar-refractivity contribution >= 4 is 0 Å². The van der Waals surface area contributed by atoms with E-state index in [9.17, 15) is 8.78 Å². The van der Waals surface area contributed by atoms with E-state index < -0.39 is 12.0 Å². The van der Waals surface area contributed by atoms with Crippen LogP contribution in [-0.2, 0) is 13.1 Å². The number of aromatic nitrogens is 3. The molecule has 1 unspecified atom stereocenters. The van der Waals surface area contributed by atoms with Gasteiger partial charge in [0, 0.05) is 49.1 Å². The summed E-state index contributed by atoms with van der Waals surface area (Å²) in [6.07, 6.45) is 4.80. The summed E-state index contributed by atoms with van der Waals surface area (Å²) in [6.45, 7) is 1.02. The van der Waals surface area contributed by atoms with E-state index >= 15 is 0 Å². The number of nitrogens with one attached hydrogen (secondary N) is 1. The molecular weight excluding hydrogens is 366 g/mol. The second kappa shape index (κ2) is 7.55. The van der Waals surface area contributed by atoms with E-state index in [2.05, 4.69) is 15.4 Å². The molecule has 3 aromatic rings. The first-order valence-corrected chi connectivity index (χ1v) is 8.92. The lowest BCUT2D eigenvalue weighted by Crippen LogP contribution is -2.13. The number of halogens is 2. The van der Waals surface area contributed by atoms with Gasteiger partial charge in [-0.1, -0.05) is 12.1 Å². The molecule has 2 aromatic heterocycles. The van der Waals surface area contributed by atoms with E-state index in [1.165, 1.54) is 4.68 Å². The number of rotatable bonds is 8. The summed E-state index contributed by atoms with van der Waals surface area (Å²) in [4.78, 5) is 4.30. The highest BCUT2D eigenvalue weighted by molar-refractivity contribution is 5.37. The smallest absolute Gasteiger partial charge is 0.272 e. The van der Waals surface area contributed by atoms with Gasteiger partial charge >= 0.3 is 0 Å². The zero-order valence-corrected chi connectivity index (χ0v) is 15.3. The highest BCUT2D eigenvalue weighted by atomic mass is 19.3. The van der Waals surface area contributed by atoms with E-state index in [1.54, 1.807) is 31.8 Å². The van der Waals surface area contributed by atoms with Crippen molar-refractivity contribution < 1.29 is 18.3 Å². The van der Waals surface area contributed by atoms with Crippen LogP contribution in [0.3, 0.4) is 0 Å². The van der Waals surface area contributed by atoms with Gasteiger partial charge in [-0.15, -0.1) is 0 Å². The van der Waals surface area contributed by atoms with Crippen LogP contribution in [0.5, 0.6) is 17.4 Å². The molecule has 8 heteroatoms. The number of nitrogens with zero attached hydrogens (tertiary/aromatic N) is 3. The molecule has 2 heterocycles. The Morgan fingerprint density at radius 2 is 2.04 bits per heavy atom. The second-order valence-electron chi connectivity index (χ2n) is 6.66. The van der Waals surface area contributed by atoms with Crippen molar-refractivity contribution in [3.63, 3.8) is 0 Å². The Labute approximate surface area is 161 Å². The Balaban J connectivity index is 1.36. The van der Waals surface area contributed by atoms with Crippen molar-refractivity contribution in [3.05, 3.63) is 66.1 Å². The van der Waals surface area contributed by atoms with Gasteiger partial charge in [0.2, 0.25) is 5.88 Å². The summed E-state index contributed by atoms with van der Waals surface area (Å²) in [5, 5.41) is 7.31. The predicted octanol–water partition coefficient (Wildman–Crippen LogP) is 3.95. The number of ether oxygens (including phenoxy) is 2. The number of alkyl halides is 2. The molecule has 28 heavy (non-hydrogen) atoms. The topological polar surface area (TPSA) is 61.2 Å². The zero-order chi connectivity index (χ0) is 19.6. The Kier molecular flexibility index (Phi) is 4.95. The van der Waals surface area contributed by atoms with E-state index in [0.29, 0.717) is 30.5 Å². The molecule has 4 rings (SSSR count). The summed E-state index contributed by atoms with van der Waals surface area (Å²) in [5.74, 6) is -0.799. The van der Waals surface area contributed by atoms with Gasteiger partial charge in [0.1, 0.15) is 17.5 Å². The maximum atomic E-state index is 13.1. The predicted molar refractivity (Wildman–Crippen MR) is 98.7 cm³/mol. The molecule has 0 aliphatic heterocycles. The average molecular weight is 386 g/mol. The van der Waals surface area contributed by atoms with Crippen molar-refractivity contribution in [1.29, 1.82) is 0 Å². The minimum absolute atomic E-state index is 0.137. The molecule has 0 spiro atoms. The molecule has 1 aromatic carbocycles. The number of pyridine rings is 1. The minimum atomic E-state index is -2.63. The highest BCUT2D eigenvalue weighted by Gasteiger charge is 2.59. The van der Waals surface area contributed by atoms with Gasteiger partial charge < -0.3 is 14.8 Å². The lowest BCUT2D eigenvalue weighted by Gasteiger charge is -2.11. The molecule has 1 N–H and O–H groups in total. The van der Waals surface area contributed by atoms with Gasteiger partial charge in [-0.3, -0.25) is 4.68 Å². The fourth-order valence-corrected chi connectivity index (χ4v) is 2.89. The fourth-order valence-electron chi connectivity index (χ4n) is 2.89. The second-order valence-corrected chi connectivity index (χ2v) is 6.66. The van der Waals surface area contributed by atoms with Crippen molar-refractivity contribution in [2.24, 2.45) is 0 Å². The minimum Gasteiger partial charge on any atom is -0.497 e. The third kappa shape index (κ3) is 4.12. The largest absolute Gasteiger partial charge is 0.497 e. The van der Waals surface area contributed by atoms with E-state index in [4.69, 9.17) is 9.47 Å². The van der Waals surface area contributed by atoms with Gasteiger partial charge in [0.05, 0.1) is 13.3 Å². The molecule has 1 fully saturated rings. The molecule has 0 radical (unpaired) electrons. The molecule has 6 nitrogen and oxygen atoms in total. The quantitative estimate of drug-likeness (QED) is 0.635. The van der Waals surface area contributed by atoms with Crippen LogP contribution in [0, 0.1) is 0 Å². The molecule has 0 amide bonds. The number of hydrogen-bond donors (Lipinski definition) is 1. The summed E-state index contributed by atoms with van der Waals surface area (Å²) < 4.78 is 38.7. The van der Waals surface area contributed by atoms with Crippen molar-refractivity contribution in [2.75, 3.05) is 7.11 Å². The van der Waals surface area contributed by atoms with Crippen LogP contribution in [0.2, 0.25) is 0 Å². The van der Waals surface area contributed by atoms with Gasteiger partial charge in [-0.25, -0.2) is 13.8 Å². The molecule has 1 aliphatic carbocycles. The van der Waals surface area contributed by atoms with Crippen LogP contribution in [0.1, 0.15) is 23.6 Å². The van der Waals surface area contributed by atoms with Gasteiger partial charge in [0.25, 0.3) is 5.92 Å². The molecule has 1 saturated carbocycles. The Morgan fingerprint density at radius 1 is 1.21 bits per heavy atom. The Morgan fingerprint density at radius 3 is 2.82 bits per heavy atom. The normalized spacial score (nSPS) is 17.3. The summed E-state index contributed by atoms with van der Waals surface area (Å²) in [5.41, 5.74) is 1.73. The molecule has 1 aliphatic rings. The van der Waals surface area contributed by atoms with Crippen LogP contribution in [0.15, 0.2) is 55.0 Å². The Bertz CT molecular complexity index is 961. The highest BCUT2D eigenvalue weighted by Crippen LogP contribution is 2.52. The van der Waals surface area contributed by atoms with Crippen LogP contribution < -0.4 is 14.8 Å². The third-order valence-electron chi connectivity index (χ3n) is 4.52. The first kappa shape index (κ1) is 18.4. The molecule has 0 saturated heterocycles. The molecule has 0 bridgehead atoms. The standard InChI is InChI=1S/C20H20F2N4O2/c1-27-16-5-2-6-17(8-16)28-19-15(4-3-7-24-19)12-23-10-14-11-25-26(13-14)18-9-20(18,21)22/h2-8,11,13,18,23H,9-10,12H2,1H3. The van der Waals surface area contributed by atoms with Gasteiger partial charge in [-0.05, 0) is 18.2 Å². The Hall–Kier alpha value is -3.00. The van der Waals surface area contributed by atoms with E-state index in [1.807, 2.05) is 30.3 Å². The van der Waals surface area contributed by atoms with Gasteiger partial charge in [-0.2, -0.15) is 5.10 Å². The van der Waals surface area contributed by atoms with E-state index in [-0.39, 0.29) is 6.42 Å². The summed E-state index contributed by atoms with van der Waals surface area (Å²) >= 11 is 0. The maximum Gasteiger partial charge on any atom is 0.272 e. The lowest BCUT2D eigenvalue weighted by molar-refractivity contribution is 0.0983. The third-order valence-corrected chi connectivity index (χ3v) is 4.52. The van der Waals surface area contributed by atoms with Gasteiger partial charge in [0.15, 0.2) is 0 Å². The maximum absolute atomic E-state index is 13.1. The fraction of sp³-hybridized carbons (Fsp3) is 0.300. The van der Waals surface area contributed by atoms with Crippen LogP contribution in [0.25, 0.3) is 0 Å². The van der Waals surface area contributed by atoms with Crippen molar-refractivity contribution in [3.8, 4) is 17.4 Å². The summed E-state index contributed by atoms with van der Waals surface area (Å²) in [6, 6.07) is 10.3. The molecule has 1 atom stereocenters. The first-order valence-electron chi connectivity index (χ1n) is 8.92. The van der Waals surface area contributed by atoms with Crippen LogP contribution in [-0.4, -0.2) is 27.8 Å². The van der Waals surface area contributed by atoms with Crippen molar-refractivity contribution in [1.82, 2.24) is 20.1 Å². The van der Waals surface area contributed by atoms with E-state index in [0.717, 1.165) is 11.1 Å². The van der Waals surface area contributed by atoms with Crippen LogP contribution in [0.4, 0.5) is 8.78 Å². The lowest BCUT2D eigenvalue weighted by atomic mass is 10.2. The number of hydrogen-bond acceptors (Lipinski definition) is 5. The molecular formula is C20H20F2N4O2. The van der Waals surface area contributed by atoms with Crippen molar-refractivity contribution in [2.45, 2.75) is 31.5 Å². The average Bonchev–Trinajstić information content (AvgIpc) is 3.11. The van der Waals surface area contributed by atoms with Crippen LogP contribution >= 0.6 is 0 Å². The monoisotopic (exact) mass is 386 g/mol. The first-order chi connectivity index (χ1) is 13.5. The SMILES string of the molecule is COc1cccc(Oc2ncccc2CNCc2cnn(C3CC3(F)F)c2)c1. The number of methoxy groups -OCH3 is 1. The summed E-state index contributed by atoms with van der Waals surface area (Å²) in [7, 11) is 1.60. The molecule has 146 valence electrons.